The lowest BCUT2D eigenvalue weighted by Gasteiger charge is -2.23. The highest BCUT2D eigenvalue weighted by Gasteiger charge is 2.24. The van der Waals surface area contributed by atoms with Crippen molar-refractivity contribution in [2.75, 3.05) is 12.9 Å². The van der Waals surface area contributed by atoms with Crippen molar-refractivity contribution in [2.24, 2.45) is 0 Å². The fourth-order valence-electron chi connectivity index (χ4n) is 3.72. The molecule has 1 aromatic heterocycles. The molecule has 0 atom stereocenters. The smallest absolute Gasteiger partial charge is 0.294 e. The molecule has 2 aromatic rings. The van der Waals surface area contributed by atoms with Gasteiger partial charge in [0.05, 0.1) is 23.2 Å². The maximum absolute atomic E-state index is 12.8. The molecule has 0 amide bonds. The summed E-state index contributed by atoms with van der Waals surface area (Å²) < 4.78 is 25.2. The molecule has 1 aliphatic carbocycles. The molecule has 0 saturated heterocycles. The van der Waals surface area contributed by atoms with Crippen LogP contribution in [0.15, 0.2) is 35.2 Å². The number of carbonyl (C=O) groups is 1. The number of benzene rings is 1. The van der Waals surface area contributed by atoms with Crippen LogP contribution in [0.4, 0.5) is 0 Å². The first-order chi connectivity index (χ1) is 14.3. The van der Waals surface area contributed by atoms with E-state index >= 15 is 0 Å². The van der Waals surface area contributed by atoms with Crippen molar-refractivity contribution in [1.29, 1.82) is 0 Å². The molecule has 3 rings (SSSR count). The van der Waals surface area contributed by atoms with Crippen molar-refractivity contribution in [3.63, 3.8) is 0 Å². The van der Waals surface area contributed by atoms with E-state index in [0.717, 1.165) is 37.5 Å². The van der Waals surface area contributed by atoms with Crippen LogP contribution < -0.4 is 0 Å². The van der Waals surface area contributed by atoms with Gasteiger partial charge in [-0.3, -0.25) is 9.48 Å². The van der Waals surface area contributed by atoms with Crippen molar-refractivity contribution in [2.45, 2.75) is 55.9 Å². The van der Waals surface area contributed by atoms with E-state index in [-0.39, 0.29) is 36.2 Å². The Morgan fingerprint density at radius 1 is 1.23 bits per heavy atom. The molecule has 0 N–H and O–H groups in total. The molecule has 0 spiro atoms. The number of aromatic nitrogens is 2. The summed E-state index contributed by atoms with van der Waals surface area (Å²) in [5.41, 5.74) is 1.80. The molecule has 9 nitrogen and oxygen atoms in total. The largest absolute Gasteiger partial charge is 0.314 e. The van der Waals surface area contributed by atoms with E-state index in [9.17, 15) is 23.3 Å². The maximum Gasteiger partial charge on any atom is 0.294 e. The zero-order valence-electron chi connectivity index (χ0n) is 16.8. The van der Waals surface area contributed by atoms with Gasteiger partial charge in [0.25, 0.3) is 5.09 Å². The van der Waals surface area contributed by atoms with Crippen LogP contribution in [0.25, 0.3) is 11.3 Å². The molecule has 1 saturated carbocycles. The van der Waals surface area contributed by atoms with Gasteiger partial charge in [0.1, 0.15) is 5.69 Å². The van der Waals surface area contributed by atoms with E-state index in [1.165, 1.54) is 18.6 Å². The van der Waals surface area contributed by atoms with Crippen LogP contribution in [-0.4, -0.2) is 41.9 Å². The molecule has 30 heavy (non-hydrogen) atoms. The van der Waals surface area contributed by atoms with Gasteiger partial charge in [-0.1, -0.05) is 31.4 Å². The third kappa shape index (κ3) is 5.44. The predicted octanol–water partition coefficient (Wildman–Crippen LogP) is 3.63. The third-order valence-electron chi connectivity index (χ3n) is 5.27. The summed E-state index contributed by atoms with van der Waals surface area (Å²) >= 11 is 0. The van der Waals surface area contributed by atoms with E-state index < -0.39 is 14.9 Å². The highest BCUT2D eigenvalue weighted by molar-refractivity contribution is 7.90. The normalized spacial score (nSPS) is 15.1. The number of nitrogens with zero attached hydrogens (tertiary/aromatic N) is 3. The first-order valence-electron chi connectivity index (χ1n) is 9.96. The molecule has 162 valence electrons. The zero-order valence-corrected chi connectivity index (χ0v) is 17.6. The lowest BCUT2D eigenvalue weighted by molar-refractivity contribution is -0.757. The molecule has 0 unspecified atom stereocenters. The van der Waals surface area contributed by atoms with Crippen molar-refractivity contribution < 1.29 is 23.1 Å². The van der Waals surface area contributed by atoms with E-state index in [0.29, 0.717) is 11.4 Å². The second kappa shape index (κ2) is 9.38. The topological polar surface area (TPSA) is 121 Å². The average molecular weight is 436 g/mol. The number of hydrogen-bond acceptors (Lipinski definition) is 7. The van der Waals surface area contributed by atoms with Crippen LogP contribution >= 0.6 is 0 Å². The Kier molecular flexibility index (Phi) is 6.86. The highest BCUT2D eigenvalue weighted by Crippen LogP contribution is 2.31. The quantitative estimate of drug-likeness (QED) is 0.255. The molecule has 1 aromatic carbocycles. The van der Waals surface area contributed by atoms with Crippen LogP contribution in [-0.2, 0) is 14.7 Å². The lowest BCUT2D eigenvalue weighted by Crippen LogP contribution is -2.19. The Bertz CT molecular complexity index is 1010. The van der Waals surface area contributed by atoms with Gasteiger partial charge in [-0.15, -0.1) is 10.1 Å². The molecule has 0 radical (unpaired) electrons. The van der Waals surface area contributed by atoms with E-state index in [2.05, 4.69) is 9.94 Å². The van der Waals surface area contributed by atoms with Crippen LogP contribution in [0.3, 0.4) is 0 Å². The minimum Gasteiger partial charge on any atom is -0.314 e. The summed E-state index contributed by atoms with van der Waals surface area (Å²) in [5, 5.41) is 14.1. The minimum absolute atomic E-state index is 0.124. The van der Waals surface area contributed by atoms with Gasteiger partial charge in [-0.25, -0.2) is 8.42 Å². The summed E-state index contributed by atoms with van der Waals surface area (Å²) in [7, 11) is -3.29. The number of rotatable bonds is 9. The number of ketones is 1. The second-order valence-corrected chi connectivity index (χ2v) is 9.55. The summed E-state index contributed by atoms with van der Waals surface area (Å²) in [6.07, 6.45) is 6.73. The van der Waals surface area contributed by atoms with Gasteiger partial charge in [-0.05, 0) is 37.5 Å². The Morgan fingerprint density at radius 3 is 2.50 bits per heavy atom. The van der Waals surface area contributed by atoms with Crippen molar-refractivity contribution in [3.05, 3.63) is 46.1 Å². The molecular weight excluding hydrogens is 410 g/mol. The lowest BCUT2D eigenvalue weighted by atomic mass is 9.95. The van der Waals surface area contributed by atoms with Crippen molar-refractivity contribution >= 4 is 15.6 Å². The number of sulfone groups is 1. The molecule has 0 bridgehead atoms. The standard InChI is InChI=1S/C20H25N3O6S/c1-30(27,28)17-11-9-15(10-12-17)18-14-19(20(24)8-5-13-29-23(25)26)22(21-18)16-6-3-2-4-7-16/h9-12,14,16H,2-8,13H2,1H3. The Balaban J connectivity index is 1.86. The summed E-state index contributed by atoms with van der Waals surface area (Å²) in [6, 6.07) is 8.28. The molecule has 1 fully saturated rings. The summed E-state index contributed by atoms with van der Waals surface area (Å²) in [4.78, 5) is 27.6. The molecular formula is C20H25N3O6S. The SMILES string of the molecule is CS(=O)(=O)c1ccc(-c2cc(C(=O)CCCO[N+](=O)[O-])n(C3CCCCC3)n2)cc1. The van der Waals surface area contributed by atoms with Gasteiger partial charge in [0, 0.05) is 18.2 Å². The first-order valence-corrected chi connectivity index (χ1v) is 11.9. The fraction of sp³-hybridized carbons (Fsp3) is 0.500. The predicted molar refractivity (Wildman–Crippen MR) is 109 cm³/mol. The molecule has 1 aliphatic rings. The van der Waals surface area contributed by atoms with Gasteiger partial charge in [0.2, 0.25) is 0 Å². The summed E-state index contributed by atoms with van der Waals surface area (Å²) in [5.74, 6) is -0.140. The molecule has 1 heterocycles. The van der Waals surface area contributed by atoms with Gasteiger partial charge in [-0.2, -0.15) is 5.10 Å². The second-order valence-electron chi connectivity index (χ2n) is 7.53. The van der Waals surface area contributed by atoms with Crippen LogP contribution in [0.2, 0.25) is 0 Å². The van der Waals surface area contributed by atoms with Crippen molar-refractivity contribution in [3.8, 4) is 11.3 Å². The van der Waals surface area contributed by atoms with Gasteiger partial charge < -0.3 is 4.84 Å². The number of hydrogen-bond donors (Lipinski definition) is 0. The van der Waals surface area contributed by atoms with Crippen molar-refractivity contribution in [1.82, 2.24) is 9.78 Å². The van der Waals surface area contributed by atoms with Crippen LogP contribution in [0, 0.1) is 10.1 Å². The average Bonchev–Trinajstić information content (AvgIpc) is 3.17. The minimum atomic E-state index is -3.29. The fourth-order valence-corrected chi connectivity index (χ4v) is 4.35. The molecule has 10 heteroatoms. The Labute approximate surface area is 175 Å². The monoisotopic (exact) mass is 435 g/mol. The van der Waals surface area contributed by atoms with E-state index in [4.69, 9.17) is 0 Å². The maximum atomic E-state index is 12.8. The zero-order chi connectivity index (χ0) is 21.7. The van der Waals surface area contributed by atoms with E-state index in [1.54, 1.807) is 22.9 Å². The van der Waals surface area contributed by atoms with Gasteiger partial charge in [0.15, 0.2) is 15.6 Å². The van der Waals surface area contributed by atoms with Gasteiger partial charge >= 0.3 is 0 Å². The van der Waals surface area contributed by atoms with E-state index in [1.807, 2.05) is 0 Å². The summed E-state index contributed by atoms with van der Waals surface area (Å²) in [6.45, 7) is -0.129. The Hall–Kier alpha value is -2.75. The van der Waals surface area contributed by atoms with Crippen LogP contribution in [0.1, 0.15) is 61.5 Å². The van der Waals surface area contributed by atoms with Crippen LogP contribution in [0.5, 0.6) is 0 Å². The number of Topliss-reactive ketones (excluding diaryl/α,β-unsaturated/α-hetero) is 1. The number of carbonyl (C=O) groups excluding carboxylic acids is 1. The Morgan fingerprint density at radius 2 is 1.90 bits per heavy atom. The first kappa shape index (κ1) is 21.9. The molecule has 0 aliphatic heterocycles. The highest BCUT2D eigenvalue weighted by atomic mass is 32.2. The third-order valence-corrected chi connectivity index (χ3v) is 6.39.